The van der Waals surface area contributed by atoms with E-state index in [1.165, 1.54) is 11.1 Å². The van der Waals surface area contributed by atoms with Crippen molar-refractivity contribution in [3.05, 3.63) is 65.2 Å². The number of benzene rings is 2. The third-order valence-electron chi connectivity index (χ3n) is 4.89. The lowest BCUT2D eigenvalue weighted by Crippen LogP contribution is -2.44. The molecule has 2 rings (SSSR count). The minimum Gasteiger partial charge on any atom is -0.352 e. The van der Waals surface area contributed by atoms with E-state index >= 15 is 0 Å². The van der Waals surface area contributed by atoms with Crippen molar-refractivity contribution in [1.82, 2.24) is 10.2 Å². The van der Waals surface area contributed by atoms with Crippen LogP contribution in [0.4, 0.5) is 5.69 Å². The second kappa shape index (κ2) is 11.4. The van der Waals surface area contributed by atoms with Crippen LogP contribution in [-0.2, 0) is 16.0 Å². The second-order valence-corrected chi connectivity index (χ2v) is 7.67. The molecule has 0 aliphatic heterocycles. The third kappa shape index (κ3) is 7.70. The molecule has 0 bridgehead atoms. The Morgan fingerprint density at radius 2 is 1.55 bits per heavy atom. The van der Waals surface area contributed by atoms with Crippen LogP contribution in [0, 0.1) is 13.8 Å². The number of carbonyl (C=O) groups excluding carboxylic acids is 2. The van der Waals surface area contributed by atoms with E-state index in [1.54, 1.807) is 0 Å². The average molecular weight is 396 g/mol. The summed E-state index contributed by atoms with van der Waals surface area (Å²) in [5.41, 5.74) is 4.30. The molecule has 0 aliphatic rings. The Morgan fingerprint density at radius 1 is 0.931 bits per heavy atom. The fourth-order valence-corrected chi connectivity index (χ4v) is 3.38. The summed E-state index contributed by atoms with van der Waals surface area (Å²) < 4.78 is 0. The first-order valence-electron chi connectivity index (χ1n) is 10.3. The Labute approximate surface area is 174 Å². The number of amides is 2. The van der Waals surface area contributed by atoms with Crippen LogP contribution in [0.2, 0.25) is 0 Å². The standard InChI is InChI=1S/C24H33N3O2/c1-5-14-27(17-24(29)26-22-13-9-7-11-19(22)3)16-23(28)25-20(4)15-21-12-8-6-10-18(21)2/h6-13,20H,5,14-17H2,1-4H3,(H,25,28)(H,26,29). The zero-order valence-corrected chi connectivity index (χ0v) is 18.0. The molecular weight excluding hydrogens is 362 g/mol. The maximum Gasteiger partial charge on any atom is 0.238 e. The Balaban J connectivity index is 1.86. The quantitative estimate of drug-likeness (QED) is 0.645. The molecule has 2 N–H and O–H groups in total. The molecule has 0 saturated carbocycles. The number of anilines is 1. The van der Waals surface area contributed by atoms with Gasteiger partial charge in [-0.15, -0.1) is 0 Å². The summed E-state index contributed by atoms with van der Waals surface area (Å²) in [4.78, 5) is 26.9. The highest BCUT2D eigenvalue weighted by molar-refractivity contribution is 5.93. The zero-order valence-electron chi connectivity index (χ0n) is 18.0. The van der Waals surface area contributed by atoms with Gasteiger partial charge in [-0.25, -0.2) is 0 Å². The molecule has 1 atom stereocenters. The van der Waals surface area contributed by atoms with E-state index < -0.39 is 0 Å². The monoisotopic (exact) mass is 395 g/mol. The summed E-state index contributed by atoms with van der Waals surface area (Å²) in [7, 11) is 0. The lowest BCUT2D eigenvalue weighted by Gasteiger charge is -2.22. The van der Waals surface area contributed by atoms with Crippen LogP contribution < -0.4 is 10.6 Å². The van der Waals surface area contributed by atoms with E-state index in [0.717, 1.165) is 24.1 Å². The van der Waals surface area contributed by atoms with E-state index in [9.17, 15) is 9.59 Å². The van der Waals surface area contributed by atoms with Gasteiger partial charge in [0, 0.05) is 11.7 Å². The molecule has 0 aromatic heterocycles. The maximum atomic E-state index is 12.5. The van der Waals surface area contributed by atoms with Gasteiger partial charge in [0.2, 0.25) is 11.8 Å². The highest BCUT2D eigenvalue weighted by Gasteiger charge is 2.16. The Morgan fingerprint density at radius 3 is 2.21 bits per heavy atom. The predicted octanol–water partition coefficient (Wildman–Crippen LogP) is 3.70. The number of aryl methyl sites for hydroxylation is 2. The Hall–Kier alpha value is -2.66. The summed E-state index contributed by atoms with van der Waals surface area (Å²) in [6, 6.07) is 15.9. The van der Waals surface area contributed by atoms with Crippen molar-refractivity contribution in [2.75, 3.05) is 25.0 Å². The summed E-state index contributed by atoms with van der Waals surface area (Å²) in [6.07, 6.45) is 1.67. The zero-order chi connectivity index (χ0) is 21.2. The molecule has 0 radical (unpaired) electrons. The normalized spacial score (nSPS) is 11.9. The second-order valence-electron chi connectivity index (χ2n) is 7.67. The van der Waals surface area contributed by atoms with E-state index in [1.807, 2.05) is 62.1 Å². The largest absolute Gasteiger partial charge is 0.352 e. The summed E-state index contributed by atoms with van der Waals surface area (Å²) in [6.45, 7) is 9.21. The number of hydrogen-bond acceptors (Lipinski definition) is 3. The molecule has 5 heteroatoms. The molecule has 29 heavy (non-hydrogen) atoms. The first kappa shape index (κ1) is 22.6. The van der Waals surface area contributed by atoms with Crippen molar-refractivity contribution >= 4 is 17.5 Å². The van der Waals surface area contributed by atoms with Gasteiger partial charge in [-0.05, 0) is 62.9 Å². The van der Waals surface area contributed by atoms with Gasteiger partial charge >= 0.3 is 0 Å². The van der Waals surface area contributed by atoms with Crippen LogP contribution >= 0.6 is 0 Å². The molecule has 2 amide bonds. The van der Waals surface area contributed by atoms with E-state index in [0.29, 0.717) is 6.54 Å². The molecule has 0 spiro atoms. The fourth-order valence-electron chi connectivity index (χ4n) is 3.38. The summed E-state index contributed by atoms with van der Waals surface area (Å²) in [5, 5.41) is 6.00. The van der Waals surface area contributed by atoms with Gasteiger partial charge in [-0.2, -0.15) is 0 Å². The minimum absolute atomic E-state index is 0.0351. The van der Waals surface area contributed by atoms with Crippen LogP contribution in [0.1, 0.15) is 37.0 Å². The van der Waals surface area contributed by atoms with Crippen LogP contribution in [0.15, 0.2) is 48.5 Å². The Bertz CT molecular complexity index is 819. The number of nitrogens with zero attached hydrogens (tertiary/aromatic N) is 1. The summed E-state index contributed by atoms with van der Waals surface area (Å²) in [5.74, 6) is -0.156. The van der Waals surface area contributed by atoms with Gasteiger partial charge in [0.15, 0.2) is 0 Å². The topological polar surface area (TPSA) is 61.4 Å². The highest BCUT2D eigenvalue weighted by atomic mass is 16.2. The van der Waals surface area contributed by atoms with Crippen LogP contribution in [0.25, 0.3) is 0 Å². The van der Waals surface area contributed by atoms with E-state index in [-0.39, 0.29) is 30.9 Å². The highest BCUT2D eigenvalue weighted by Crippen LogP contribution is 2.13. The SMILES string of the molecule is CCCN(CC(=O)Nc1ccccc1C)CC(=O)NC(C)Cc1ccccc1C. The predicted molar refractivity (Wildman–Crippen MR) is 119 cm³/mol. The maximum absolute atomic E-state index is 12.5. The van der Waals surface area contributed by atoms with Crippen LogP contribution in [-0.4, -0.2) is 42.4 Å². The fraction of sp³-hybridized carbons (Fsp3) is 0.417. The van der Waals surface area contributed by atoms with Gasteiger partial charge in [-0.3, -0.25) is 14.5 Å². The van der Waals surface area contributed by atoms with Crippen LogP contribution in [0.3, 0.4) is 0 Å². The molecule has 1 unspecified atom stereocenters. The number of nitrogens with one attached hydrogen (secondary N) is 2. The van der Waals surface area contributed by atoms with E-state index in [2.05, 4.69) is 29.7 Å². The third-order valence-corrected chi connectivity index (χ3v) is 4.89. The Kier molecular flexibility index (Phi) is 8.87. The number of hydrogen-bond donors (Lipinski definition) is 2. The van der Waals surface area contributed by atoms with Crippen molar-refractivity contribution in [1.29, 1.82) is 0 Å². The molecule has 156 valence electrons. The molecular formula is C24H33N3O2. The van der Waals surface area contributed by atoms with Crippen molar-refractivity contribution in [3.63, 3.8) is 0 Å². The van der Waals surface area contributed by atoms with Crippen molar-refractivity contribution in [2.24, 2.45) is 0 Å². The number of rotatable bonds is 10. The van der Waals surface area contributed by atoms with Gasteiger partial charge in [-0.1, -0.05) is 49.4 Å². The minimum atomic E-state index is -0.103. The van der Waals surface area contributed by atoms with Crippen molar-refractivity contribution in [2.45, 2.75) is 46.6 Å². The molecule has 0 aliphatic carbocycles. The van der Waals surface area contributed by atoms with E-state index in [4.69, 9.17) is 0 Å². The lowest BCUT2D eigenvalue weighted by molar-refractivity contribution is -0.123. The summed E-state index contributed by atoms with van der Waals surface area (Å²) >= 11 is 0. The van der Waals surface area contributed by atoms with Gasteiger partial charge in [0.1, 0.15) is 0 Å². The van der Waals surface area contributed by atoms with Gasteiger partial charge in [0.05, 0.1) is 13.1 Å². The number of para-hydroxylation sites is 1. The molecule has 2 aromatic carbocycles. The first-order chi connectivity index (χ1) is 13.9. The number of carbonyl (C=O) groups is 2. The first-order valence-corrected chi connectivity index (χ1v) is 10.3. The average Bonchev–Trinajstić information content (AvgIpc) is 2.65. The molecule has 5 nitrogen and oxygen atoms in total. The smallest absolute Gasteiger partial charge is 0.238 e. The van der Waals surface area contributed by atoms with Gasteiger partial charge in [0.25, 0.3) is 0 Å². The van der Waals surface area contributed by atoms with Gasteiger partial charge < -0.3 is 10.6 Å². The van der Waals surface area contributed by atoms with Crippen molar-refractivity contribution in [3.8, 4) is 0 Å². The molecule has 2 aromatic rings. The van der Waals surface area contributed by atoms with Crippen molar-refractivity contribution < 1.29 is 9.59 Å². The lowest BCUT2D eigenvalue weighted by atomic mass is 10.0. The molecule has 0 heterocycles. The molecule has 0 saturated heterocycles. The molecule has 0 fully saturated rings. The van der Waals surface area contributed by atoms with Crippen LogP contribution in [0.5, 0.6) is 0 Å².